The Morgan fingerprint density at radius 1 is 1.43 bits per heavy atom. The van der Waals surface area contributed by atoms with Crippen LogP contribution >= 0.6 is 7.60 Å². The van der Waals surface area contributed by atoms with E-state index in [4.69, 9.17) is 14.5 Å². The lowest BCUT2D eigenvalue weighted by atomic mass is 9.69. The lowest BCUT2D eigenvalue weighted by Crippen LogP contribution is -2.43. The monoisotopic (exact) mass is 318 g/mol. The lowest BCUT2D eigenvalue weighted by Gasteiger charge is -2.41. The number of nitrogens with zero attached hydrogens (tertiary/aromatic N) is 1. The van der Waals surface area contributed by atoms with E-state index in [-0.39, 0.29) is 12.0 Å². The molecule has 8 nitrogen and oxygen atoms in total. The van der Waals surface area contributed by atoms with E-state index in [1.54, 1.807) is 6.92 Å². The van der Waals surface area contributed by atoms with E-state index in [9.17, 15) is 14.2 Å². The molecule has 1 fully saturated rings. The standard InChI is InChI=1S/C12H19N2O6P/c1-9-5-14(11(16)13-10(9)15)6-12(3-2-4-12)7-20-8-21(17,18)19/h5H,2-4,6-8H2,1H3,(H,13,15,16)(H2,17,18,19). The quantitative estimate of drug-likeness (QED) is 0.643. The number of nitrogens with one attached hydrogen (secondary N) is 1. The summed E-state index contributed by atoms with van der Waals surface area (Å²) in [5.74, 6) is 0. The number of hydrogen-bond acceptors (Lipinski definition) is 4. The van der Waals surface area contributed by atoms with Gasteiger partial charge in [0.25, 0.3) is 5.56 Å². The summed E-state index contributed by atoms with van der Waals surface area (Å²) in [5, 5.41) is 0. The van der Waals surface area contributed by atoms with E-state index in [1.807, 2.05) is 0 Å². The first-order valence-electron chi connectivity index (χ1n) is 6.64. The van der Waals surface area contributed by atoms with Gasteiger partial charge >= 0.3 is 13.3 Å². The van der Waals surface area contributed by atoms with Gasteiger partial charge in [-0.15, -0.1) is 0 Å². The van der Waals surface area contributed by atoms with Crippen molar-refractivity contribution in [1.29, 1.82) is 0 Å². The highest BCUT2D eigenvalue weighted by molar-refractivity contribution is 7.51. The van der Waals surface area contributed by atoms with Gasteiger partial charge in [0.2, 0.25) is 0 Å². The molecule has 0 aromatic carbocycles. The fourth-order valence-electron chi connectivity index (χ4n) is 2.50. The third kappa shape index (κ3) is 4.14. The molecule has 1 aliphatic rings. The Hall–Kier alpha value is -1.21. The van der Waals surface area contributed by atoms with Gasteiger partial charge in [0.1, 0.15) is 6.35 Å². The van der Waals surface area contributed by atoms with Gasteiger partial charge in [0.15, 0.2) is 0 Å². The van der Waals surface area contributed by atoms with Crippen LogP contribution < -0.4 is 11.2 Å². The highest BCUT2D eigenvalue weighted by atomic mass is 31.2. The molecule has 1 aromatic rings. The predicted molar refractivity (Wildman–Crippen MR) is 75.2 cm³/mol. The molecule has 0 bridgehead atoms. The molecule has 0 radical (unpaired) electrons. The van der Waals surface area contributed by atoms with Gasteiger partial charge in [-0.3, -0.25) is 18.9 Å². The molecular formula is C12H19N2O6P. The van der Waals surface area contributed by atoms with Crippen molar-refractivity contribution in [2.24, 2.45) is 5.41 Å². The lowest BCUT2D eigenvalue weighted by molar-refractivity contribution is -0.00800. The Labute approximate surface area is 120 Å². The SMILES string of the molecule is Cc1cn(CC2(COCP(=O)(O)O)CCC2)c(=O)[nH]c1=O. The highest BCUT2D eigenvalue weighted by Gasteiger charge is 2.38. The molecule has 118 valence electrons. The number of aryl methyl sites for hydroxylation is 1. The molecule has 1 aromatic heterocycles. The molecule has 1 heterocycles. The summed E-state index contributed by atoms with van der Waals surface area (Å²) in [6, 6.07) is 0. The van der Waals surface area contributed by atoms with Crippen molar-refractivity contribution >= 4 is 7.60 Å². The Morgan fingerprint density at radius 3 is 2.62 bits per heavy atom. The van der Waals surface area contributed by atoms with Crippen LogP contribution in [0.3, 0.4) is 0 Å². The Morgan fingerprint density at radius 2 is 2.10 bits per heavy atom. The minimum Gasteiger partial charge on any atom is -0.368 e. The molecule has 2 rings (SSSR count). The highest BCUT2D eigenvalue weighted by Crippen LogP contribution is 2.43. The number of ether oxygens (including phenoxy) is 1. The Bertz CT molecular complexity index is 669. The Kier molecular flexibility index (Phi) is 4.53. The summed E-state index contributed by atoms with van der Waals surface area (Å²) >= 11 is 0. The fraction of sp³-hybridized carbons (Fsp3) is 0.667. The topological polar surface area (TPSA) is 122 Å². The van der Waals surface area contributed by atoms with Gasteiger partial charge in [-0.05, 0) is 19.8 Å². The van der Waals surface area contributed by atoms with Crippen LogP contribution in [0.4, 0.5) is 0 Å². The minimum atomic E-state index is -4.18. The molecule has 9 heteroatoms. The van der Waals surface area contributed by atoms with Gasteiger partial charge in [-0.2, -0.15) is 0 Å². The maximum atomic E-state index is 11.8. The van der Waals surface area contributed by atoms with Crippen molar-refractivity contribution in [3.63, 3.8) is 0 Å². The summed E-state index contributed by atoms with van der Waals surface area (Å²) < 4.78 is 17.3. The van der Waals surface area contributed by atoms with Crippen LogP contribution in [0.25, 0.3) is 0 Å². The second kappa shape index (κ2) is 5.88. The van der Waals surface area contributed by atoms with Crippen molar-refractivity contribution in [3.8, 4) is 0 Å². The largest absolute Gasteiger partial charge is 0.368 e. The zero-order valence-corrected chi connectivity index (χ0v) is 12.6. The molecule has 0 atom stereocenters. The average molecular weight is 318 g/mol. The zero-order valence-electron chi connectivity index (χ0n) is 11.7. The minimum absolute atomic E-state index is 0.183. The second-order valence-electron chi connectivity index (χ2n) is 5.70. The van der Waals surface area contributed by atoms with Crippen LogP contribution in [0, 0.1) is 12.3 Å². The predicted octanol–water partition coefficient (Wildman–Crippen LogP) is 0.167. The first kappa shape index (κ1) is 16.2. The molecule has 0 spiro atoms. The van der Waals surface area contributed by atoms with Crippen molar-refractivity contribution in [2.45, 2.75) is 32.7 Å². The third-order valence-electron chi connectivity index (χ3n) is 3.78. The first-order valence-corrected chi connectivity index (χ1v) is 8.43. The summed E-state index contributed by atoms with van der Waals surface area (Å²) in [6.07, 6.45) is 3.51. The number of rotatable bonds is 6. The third-order valence-corrected chi connectivity index (χ3v) is 4.30. The first-order chi connectivity index (χ1) is 9.71. The molecule has 1 aliphatic carbocycles. The maximum Gasteiger partial charge on any atom is 0.350 e. The number of hydrogen-bond donors (Lipinski definition) is 3. The van der Waals surface area contributed by atoms with Crippen molar-refractivity contribution in [3.05, 3.63) is 32.6 Å². The average Bonchev–Trinajstić information content (AvgIpc) is 2.30. The number of H-pyrrole nitrogens is 1. The summed E-state index contributed by atoms with van der Waals surface area (Å²) in [7, 11) is -4.18. The van der Waals surface area contributed by atoms with E-state index >= 15 is 0 Å². The van der Waals surface area contributed by atoms with E-state index in [2.05, 4.69) is 4.98 Å². The van der Waals surface area contributed by atoms with E-state index < -0.39 is 25.2 Å². The van der Waals surface area contributed by atoms with Gasteiger partial charge in [0.05, 0.1) is 6.61 Å². The molecule has 0 aliphatic heterocycles. The maximum absolute atomic E-state index is 11.8. The van der Waals surface area contributed by atoms with Crippen molar-refractivity contribution in [2.75, 3.05) is 13.0 Å². The van der Waals surface area contributed by atoms with Gasteiger partial charge < -0.3 is 14.5 Å². The van der Waals surface area contributed by atoms with Crippen LogP contribution in [0.1, 0.15) is 24.8 Å². The molecule has 1 saturated carbocycles. The van der Waals surface area contributed by atoms with Crippen LogP contribution in [-0.4, -0.2) is 32.3 Å². The van der Waals surface area contributed by atoms with Crippen LogP contribution in [0.2, 0.25) is 0 Å². The van der Waals surface area contributed by atoms with E-state index in [0.717, 1.165) is 19.3 Å². The van der Waals surface area contributed by atoms with Crippen LogP contribution in [-0.2, 0) is 15.8 Å². The summed E-state index contributed by atoms with van der Waals surface area (Å²) in [6.45, 7) is 2.17. The van der Waals surface area contributed by atoms with Crippen LogP contribution in [0.15, 0.2) is 15.8 Å². The summed E-state index contributed by atoms with van der Waals surface area (Å²) in [5.41, 5.74) is -0.743. The molecular weight excluding hydrogens is 299 g/mol. The van der Waals surface area contributed by atoms with Crippen LogP contribution in [0.5, 0.6) is 0 Å². The normalized spacial score (nSPS) is 17.5. The smallest absolute Gasteiger partial charge is 0.350 e. The van der Waals surface area contributed by atoms with Crippen molar-refractivity contribution < 1.29 is 19.1 Å². The van der Waals surface area contributed by atoms with Gasteiger partial charge in [-0.25, -0.2) is 4.79 Å². The molecule has 21 heavy (non-hydrogen) atoms. The fourth-order valence-corrected chi connectivity index (χ4v) is 2.83. The molecule has 0 amide bonds. The van der Waals surface area contributed by atoms with E-state index in [0.29, 0.717) is 12.1 Å². The molecule has 0 saturated heterocycles. The second-order valence-corrected chi connectivity index (χ2v) is 7.28. The van der Waals surface area contributed by atoms with Crippen molar-refractivity contribution in [1.82, 2.24) is 9.55 Å². The zero-order chi connectivity index (χ0) is 15.7. The molecule has 0 unspecified atom stereocenters. The number of aromatic nitrogens is 2. The number of aromatic amines is 1. The van der Waals surface area contributed by atoms with E-state index in [1.165, 1.54) is 10.8 Å². The molecule has 3 N–H and O–H groups in total. The Balaban J connectivity index is 2.08. The summed E-state index contributed by atoms with van der Waals surface area (Å²) in [4.78, 5) is 43.0. The van der Waals surface area contributed by atoms with Gasteiger partial charge in [0, 0.05) is 23.7 Å². The van der Waals surface area contributed by atoms with Gasteiger partial charge in [-0.1, -0.05) is 6.42 Å².